The van der Waals surface area contributed by atoms with Crippen molar-refractivity contribution in [2.75, 3.05) is 40.3 Å². The van der Waals surface area contributed by atoms with Crippen molar-refractivity contribution in [2.45, 2.75) is 64.7 Å². The van der Waals surface area contributed by atoms with Crippen LogP contribution in [0.15, 0.2) is 4.99 Å². The van der Waals surface area contributed by atoms with Crippen molar-refractivity contribution in [1.29, 1.82) is 0 Å². The quantitative estimate of drug-likeness (QED) is 0.394. The van der Waals surface area contributed by atoms with E-state index in [4.69, 9.17) is 4.99 Å². The highest BCUT2D eigenvalue weighted by molar-refractivity contribution is 14.0. The Kier molecular flexibility index (Phi) is 10.1. The highest BCUT2D eigenvalue weighted by Crippen LogP contribution is 2.42. The Balaban J connectivity index is 0.00000312. The normalized spacial score (nSPS) is 20.6. The van der Waals surface area contributed by atoms with Gasteiger partial charge in [0.05, 0.1) is 6.54 Å². The van der Waals surface area contributed by atoms with Crippen LogP contribution in [0.1, 0.15) is 64.7 Å². The first kappa shape index (κ1) is 22.5. The Hall–Kier alpha value is -0.530. The summed E-state index contributed by atoms with van der Waals surface area (Å²) in [6.07, 6.45) is 11.5. The first-order valence-corrected chi connectivity index (χ1v) is 9.80. The second-order valence-corrected chi connectivity index (χ2v) is 7.71. The van der Waals surface area contributed by atoms with E-state index < -0.39 is 0 Å². The molecule has 1 aliphatic carbocycles. The third-order valence-electron chi connectivity index (χ3n) is 5.55. The van der Waals surface area contributed by atoms with E-state index in [9.17, 15) is 4.79 Å². The zero-order valence-electron chi connectivity index (χ0n) is 16.4. The third-order valence-corrected chi connectivity index (χ3v) is 5.55. The summed E-state index contributed by atoms with van der Waals surface area (Å²) < 4.78 is 0. The molecule has 0 aromatic heterocycles. The minimum atomic E-state index is 0. The number of piperidine rings is 1. The molecule has 0 atom stereocenters. The van der Waals surface area contributed by atoms with Crippen LogP contribution in [0.3, 0.4) is 0 Å². The Morgan fingerprint density at radius 1 is 1.12 bits per heavy atom. The van der Waals surface area contributed by atoms with Gasteiger partial charge in [0.1, 0.15) is 0 Å². The Morgan fingerprint density at radius 3 is 2.36 bits per heavy atom. The smallest absolute Gasteiger partial charge is 0.223 e. The fraction of sp³-hybridized carbons (Fsp3) is 0.895. The summed E-state index contributed by atoms with van der Waals surface area (Å²) in [5, 5.41) is 3.44. The number of nitrogens with one attached hydrogen (secondary N) is 1. The number of amides is 1. The van der Waals surface area contributed by atoms with Gasteiger partial charge in [0.15, 0.2) is 5.96 Å². The fourth-order valence-electron chi connectivity index (χ4n) is 4.18. The number of hydrogen-bond acceptors (Lipinski definition) is 2. The van der Waals surface area contributed by atoms with Crippen LogP contribution in [0.25, 0.3) is 0 Å². The van der Waals surface area contributed by atoms with Gasteiger partial charge < -0.3 is 15.1 Å². The van der Waals surface area contributed by atoms with E-state index in [1.165, 1.54) is 51.4 Å². The van der Waals surface area contributed by atoms with Crippen molar-refractivity contribution in [3.8, 4) is 0 Å². The summed E-state index contributed by atoms with van der Waals surface area (Å²) in [5.41, 5.74) is 0.504. The molecule has 1 spiro atoms. The van der Waals surface area contributed by atoms with Gasteiger partial charge in [-0.2, -0.15) is 0 Å². The number of nitrogens with zero attached hydrogens (tertiary/aromatic N) is 3. The number of likely N-dealkylation sites (tertiary alicyclic amines) is 1. The maximum Gasteiger partial charge on any atom is 0.223 e. The second kappa shape index (κ2) is 11.2. The first-order valence-electron chi connectivity index (χ1n) is 9.80. The zero-order chi connectivity index (χ0) is 17.4. The lowest BCUT2D eigenvalue weighted by Gasteiger charge is -2.44. The van der Waals surface area contributed by atoms with Crippen molar-refractivity contribution in [3.63, 3.8) is 0 Å². The van der Waals surface area contributed by atoms with E-state index in [0.717, 1.165) is 25.6 Å². The Bertz CT molecular complexity index is 431. The number of carbonyl (C=O) groups excluding carboxylic acids is 1. The van der Waals surface area contributed by atoms with Crippen LogP contribution in [0.4, 0.5) is 0 Å². The second-order valence-electron chi connectivity index (χ2n) is 7.71. The number of rotatable bonds is 4. The van der Waals surface area contributed by atoms with E-state index in [-0.39, 0.29) is 29.9 Å². The van der Waals surface area contributed by atoms with E-state index in [2.05, 4.69) is 17.1 Å². The van der Waals surface area contributed by atoms with Crippen molar-refractivity contribution >= 4 is 35.8 Å². The van der Waals surface area contributed by atoms with Crippen LogP contribution in [0, 0.1) is 5.41 Å². The Labute approximate surface area is 171 Å². The molecule has 25 heavy (non-hydrogen) atoms. The third kappa shape index (κ3) is 6.94. The van der Waals surface area contributed by atoms with Crippen molar-refractivity contribution in [3.05, 3.63) is 0 Å². The highest BCUT2D eigenvalue weighted by atomic mass is 127. The van der Waals surface area contributed by atoms with Crippen LogP contribution >= 0.6 is 24.0 Å². The van der Waals surface area contributed by atoms with Gasteiger partial charge in [-0.3, -0.25) is 9.79 Å². The van der Waals surface area contributed by atoms with Crippen LogP contribution in [-0.2, 0) is 4.79 Å². The summed E-state index contributed by atoms with van der Waals surface area (Å²) in [4.78, 5) is 20.6. The first-order chi connectivity index (χ1) is 11.6. The lowest BCUT2D eigenvalue weighted by Crippen LogP contribution is -2.50. The van der Waals surface area contributed by atoms with E-state index in [1.807, 2.05) is 0 Å². The molecular formula is C19H37IN4O. The molecule has 1 amide bonds. The summed E-state index contributed by atoms with van der Waals surface area (Å²) >= 11 is 0. The van der Waals surface area contributed by atoms with Crippen molar-refractivity contribution < 1.29 is 4.79 Å². The summed E-state index contributed by atoms with van der Waals surface area (Å²) in [6.45, 7) is 5.80. The van der Waals surface area contributed by atoms with Gasteiger partial charge in [-0.1, -0.05) is 25.7 Å². The van der Waals surface area contributed by atoms with Crippen LogP contribution in [-0.4, -0.2) is 61.9 Å². The van der Waals surface area contributed by atoms with Gasteiger partial charge in [0, 0.05) is 40.2 Å². The molecule has 5 nitrogen and oxygen atoms in total. The molecule has 146 valence electrons. The number of aliphatic imine (C=N–C) groups is 1. The maximum atomic E-state index is 11.8. The van der Waals surface area contributed by atoms with E-state index in [0.29, 0.717) is 18.4 Å². The van der Waals surface area contributed by atoms with Crippen molar-refractivity contribution in [1.82, 2.24) is 15.1 Å². The van der Waals surface area contributed by atoms with Gasteiger partial charge in [0.25, 0.3) is 0 Å². The lowest BCUT2D eigenvalue weighted by atomic mass is 9.74. The molecule has 1 heterocycles. The topological polar surface area (TPSA) is 47.9 Å². The highest BCUT2D eigenvalue weighted by Gasteiger charge is 2.36. The molecule has 1 saturated heterocycles. The number of halogens is 1. The summed E-state index contributed by atoms with van der Waals surface area (Å²) in [7, 11) is 3.61. The minimum Gasteiger partial charge on any atom is -0.357 e. The summed E-state index contributed by atoms with van der Waals surface area (Å²) in [6, 6.07) is 0. The molecular weight excluding hydrogens is 427 g/mol. The average molecular weight is 464 g/mol. The van der Waals surface area contributed by atoms with Crippen LogP contribution in [0.5, 0.6) is 0 Å². The minimum absolute atomic E-state index is 0. The van der Waals surface area contributed by atoms with Gasteiger partial charge >= 0.3 is 0 Å². The molecule has 2 rings (SSSR count). The predicted octanol–water partition coefficient (Wildman–Crippen LogP) is 3.48. The molecule has 1 aliphatic heterocycles. The molecule has 2 fully saturated rings. The van der Waals surface area contributed by atoms with Gasteiger partial charge in [0.2, 0.25) is 5.91 Å². The largest absolute Gasteiger partial charge is 0.357 e. The number of guanidine groups is 1. The molecule has 2 aliphatic rings. The standard InChI is InChI=1S/C19H36N4O.HI/c1-4-20-18(21-14-10-17(24)22(2)3)23-15-9-13-19(16-23)11-7-5-6-8-12-19;/h4-16H2,1-3H3,(H,20,21);1H. The molecule has 0 unspecified atom stereocenters. The van der Waals surface area contributed by atoms with Gasteiger partial charge in [-0.25, -0.2) is 0 Å². The number of hydrogen-bond donors (Lipinski definition) is 1. The van der Waals surface area contributed by atoms with Crippen molar-refractivity contribution in [2.24, 2.45) is 10.4 Å². The average Bonchev–Trinajstić information content (AvgIpc) is 2.79. The molecule has 0 radical (unpaired) electrons. The Morgan fingerprint density at radius 2 is 1.76 bits per heavy atom. The molecule has 0 aromatic carbocycles. The molecule has 1 N–H and O–H groups in total. The van der Waals surface area contributed by atoms with Crippen LogP contribution in [0.2, 0.25) is 0 Å². The SMILES string of the molecule is CCNC(=NCCC(=O)N(C)C)N1CCCC2(CCCCCC2)C1.I. The zero-order valence-corrected chi connectivity index (χ0v) is 18.7. The monoisotopic (exact) mass is 464 g/mol. The van der Waals surface area contributed by atoms with Crippen LogP contribution < -0.4 is 5.32 Å². The molecule has 1 saturated carbocycles. The van der Waals surface area contributed by atoms with Gasteiger partial charge in [-0.15, -0.1) is 24.0 Å². The van der Waals surface area contributed by atoms with E-state index >= 15 is 0 Å². The number of carbonyl (C=O) groups is 1. The lowest BCUT2D eigenvalue weighted by molar-refractivity contribution is -0.128. The summed E-state index contributed by atoms with van der Waals surface area (Å²) in [5.74, 6) is 1.15. The van der Waals surface area contributed by atoms with Gasteiger partial charge in [-0.05, 0) is 38.0 Å². The van der Waals surface area contributed by atoms with E-state index in [1.54, 1.807) is 19.0 Å². The molecule has 6 heteroatoms. The predicted molar refractivity (Wildman–Crippen MR) is 116 cm³/mol. The maximum absolute atomic E-state index is 11.8. The molecule has 0 bridgehead atoms. The molecule has 0 aromatic rings. The fourth-order valence-corrected chi connectivity index (χ4v) is 4.18.